The molecule has 19 heavy (non-hydrogen) atoms. The molecule has 106 valence electrons. The Bertz CT molecular complexity index is 507. The van der Waals surface area contributed by atoms with Gasteiger partial charge in [-0.05, 0) is 24.5 Å². The van der Waals surface area contributed by atoms with Crippen LogP contribution in [-0.4, -0.2) is 41.9 Å². The van der Waals surface area contributed by atoms with E-state index in [2.05, 4.69) is 11.9 Å². The third kappa shape index (κ3) is 3.46. The highest BCUT2D eigenvalue weighted by molar-refractivity contribution is 7.89. The summed E-state index contributed by atoms with van der Waals surface area (Å²) in [4.78, 5) is 4.15. The van der Waals surface area contributed by atoms with Gasteiger partial charge in [-0.1, -0.05) is 13.0 Å². The maximum Gasteiger partial charge on any atom is 0.214 e. The van der Waals surface area contributed by atoms with Crippen LogP contribution >= 0.6 is 11.6 Å². The van der Waals surface area contributed by atoms with E-state index in [1.165, 1.54) is 0 Å². The van der Waals surface area contributed by atoms with Crippen LogP contribution in [0.25, 0.3) is 0 Å². The summed E-state index contributed by atoms with van der Waals surface area (Å²) >= 11 is 5.90. The predicted octanol–water partition coefficient (Wildman–Crippen LogP) is 1.90. The van der Waals surface area contributed by atoms with Crippen LogP contribution < -0.4 is 0 Å². The fourth-order valence-electron chi connectivity index (χ4n) is 2.44. The molecule has 1 aliphatic rings. The van der Waals surface area contributed by atoms with Crippen LogP contribution in [0.3, 0.4) is 0 Å². The minimum atomic E-state index is -3.24. The first kappa shape index (κ1) is 14.8. The average Bonchev–Trinajstić information content (AvgIpc) is 2.79. The van der Waals surface area contributed by atoms with Gasteiger partial charge in [0.25, 0.3) is 0 Å². The third-order valence-electron chi connectivity index (χ3n) is 3.69. The molecule has 1 saturated heterocycles. The Hall–Kier alpha value is -0.650. The van der Waals surface area contributed by atoms with Crippen molar-refractivity contribution in [1.29, 1.82) is 0 Å². The summed E-state index contributed by atoms with van der Waals surface area (Å²) in [6.07, 6.45) is 3.02. The van der Waals surface area contributed by atoms with E-state index in [4.69, 9.17) is 11.6 Å². The zero-order valence-corrected chi connectivity index (χ0v) is 12.6. The van der Waals surface area contributed by atoms with Crippen molar-refractivity contribution in [2.75, 3.05) is 18.2 Å². The molecular formula is C13H19ClN2O2S. The van der Waals surface area contributed by atoms with Crippen LogP contribution in [0.1, 0.15) is 19.0 Å². The third-order valence-corrected chi connectivity index (χ3v) is 5.89. The normalized spacial score (nSPS) is 24.7. The standard InChI is InChI=1S/C13H19ClN2O2S/c1-11-5-8-16(13(11)10-14)19(17,18)9-6-12-4-2-3-7-15-12/h2-4,7,11,13H,5-6,8-10H2,1H3. The van der Waals surface area contributed by atoms with Crippen molar-refractivity contribution >= 4 is 21.6 Å². The highest BCUT2D eigenvalue weighted by Gasteiger charge is 2.37. The van der Waals surface area contributed by atoms with Crippen molar-refractivity contribution in [3.63, 3.8) is 0 Å². The Morgan fingerprint density at radius 3 is 2.89 bits per heavy atom. The number of aromatic nitrogens is 1. The fraction of sp³-hybridized carbons (Fsp3) is 0.615. The lowest BCUT2D eigenvalue weighted by Gasteiger charge is -2.24. The molecule has 0 spiro atoms. The Balaban J connectivity index is 2.03. The van der Waals surface area contributed by atoms with E-state index in [0.29, 0.717) is 24.8 Å². The van der Waals surface area contributed by atoms with Crippen LogP contribution in [0, 0.1) is 5.92 Å². The Morgan fingerprint density at radius 2 is 2.26 bits per heavy atom. The monoisotopic (exact) mass is 302 g/mol. The lowest BCUT2D eigenvalue weighted by Crippen LogP contribution is -2.40. The number of aryl methyl sites for hydroxylation is 1. The first-order valence-corrected chi connectivity index (χ1v) is 8.64. The van der Waals surface area contributed by atoms with Gasteiger partial charge in [0.15, 0.2) is 0 Å². The molecule has 2 unspecified atom stereocenters. The number of pyridine rings is 1. The maximum absolute atomic E-state index is 12.4. The highest BCUT2D eigenvalue weighted by Crippen LogP contribution is 2.27. The van der Waals surface area contributed by atoms with Gasteiger partial charge in [0, 0.05) is 36.8 Å². The molecule has 0 aliphatic carbocycles. The summed E-state index contributed by atoms with van der Waals surface area (Å²) in [5, 5.41) is 0. The topological polar surface area (TPSA) is 50.3 Å². The van der Waals surface area contributed by atoms with Gasteiger partial charge in [0.2, 0.25) is 10.0 Å². The molecule has 0 N–H and O–H groups in total. The van der Waals surface area contributed by atoms with Crippen molar-refractivity contribution in [2.45, 2.75) is 25.8 Å². The number of sulfonamides is 1. The van der Waals surface area contributed by atoms with Gasteiger partial charge in [-0.25, -0.2) is 8.42 Å². The second kappa shape index (κ2) is 6.20. The van der Waals surface area contributed by atoms with E-state index < -0.39 is 10.0 Å². The SMILES string of the molecule is CC1CCN(S(=O)(=O)CCc2ccccn2)C1CCl. The summed E-state index contributed by atoms with van der Waals surface area (Å²) in [5.41, 5.74) is 0.806. The predicted molar refractivity (Wildman–Crippen MR) is 76.7 cm³/mol. The summed E-state index contributed by atoms with van der Waals surface area (Å²) in [6, 6.07) is 5.48. The second-order valence-corrected chi connectivity index (χ2v) is 7.34. The number of halogens is 1. The molecule has 1 aliphatic heterocycles. The fourth-order valence-corrected chi connectivity index (χ4v) is 4.78. The molecule has 4 nitrogen and oxygen atoms in total. The minimum Gasteiger partial charge on any atom is -0.261 e. The average molecular weight is 303 g/mol. The van der Waals surface area contributed by atoms with Crippen LogP contribution in [0.4, 0.5) is 0 Å². The highest BCUT2D eigenvalue weighted by atomic mass is 35.5. The van der Waals surface area contributed by atoms with Crippen LogP contribution in [0.2, 0.25) is 0 Å². The molecule has 1 fully saturated rings. The lowest BCUT2D eigenvalue weighted by atomic mass is 10.1. The number of alkyl halides is 1. The van der Waals surface area contributed by atoms with Gasteiger partial charge in [0.1, 0.15) is 0 Å². The van der Waals surface area contributed by atoms with E-state index in [-0.39, 0.29) is 11.8 Å². The molecule has 1 aromatic rings. The number of hydrogen-bond acceptors (Lipinski definition) is 3. The molecule has 0 saturated carbocycles. The van der Waals surface area contributed by atoms with Crippen molar-refractivity contribution in [1.82, 2.24) is 9.29 Å². The van der Waals surface area contributed by atoms with Crippen molar-refractivity contribution in [3.8, 4) is 0 Å². The molecule has 2 atom stereocenters. The van der Waals surface area contributed by atoms with Crippen LogP contribution in [0.5, 0.6) is 0 Å². The van der Waals surface area contributed by atoms with E-state index >= 15 is 0 Å². The minimum absolute atomic E-state index is 0.0598. The molecule has 0 radical (unpaired) electrons. The maximum atomic E-state index is 12.4. The van der Waals surface area contributed by atoms with Gasteiger partial charge in [0.05, 0.1) is 5.75 Å². The van der Waals surface area contributed by atoms with Crippen molar-refractivity contribution < 1.29 is 8.42 Å². The van der Waals surface area contributed by atoms with Gasteiger partial charge in [-0.15, -0.1) is 11.6 Å². The van der Waals surface area contributed by atoms with Crippen LogP contribution in [0.15, 0.2) is 24.4 Å². The Labute approximate surface area is 119 Å². The zero-order chi connectivity index (χ0) is 13.9. The lowest BCUT2D eigenvalue weighted by molar-refractivity contribution is 0.375. The van der Waals surface area contributed by atoms with E-state index in [9.17, 15) is 8.42 Å². The first-order valence-electron chi connectivity index (χ1n) is 6.50. The zero-order valence-electron chi connectivity index (χ0n) is 11.0. The molecule has 6 heteroatoms. The number of nitrogens with zero attached hydrogens (tertiary/aromatic N) is 2. The largest absolute Gasteiger partial charge is 0.261 e. The number of hydrogen-bond donors (Lipinski definition) is 0. The summed E-state index contributed by atoms with van der Waals surface area (Å²) < 4.78 is 26.3. The molecule has 1 aromatic heterocycles. The van der Waals surface area contributed by atoms with Gasteiger partial charge >= 0.3 is 0 Å². The van der Waals surface area contributed by atoms with Gasteiger partial charge in [-0.2, -0.15) is 4.31 Å². The quantitative estimate of drug-likeness (QED) is 0.781. The molecule has 0 aromatic carbocycles. The van der Waals surface area contributed by atoms with E-state index in [1.807, 2.05) is 18.2 Å². The summed E-state index contributed by atoms with van der Waals surface area (Å²) in [5.74, 6) is 0.802. The van der Waals surface area contributed by atoms with Crippen LogP contribution in [-0.2, 0) is 16.4 Å². The Morgan fingerprint density at radius 1 is 1.47 bits per heavy atom. The summed E-state index contributed by atoms with van der Waals surface area (Å²) in [6.45, 7) is 2.64. The molecule has 0 bridgehead atoms. The van der Waals surface area contributed by atoms with Gasteiger partial charge < -0.3 is 0 Å². The molecule has 2 heterocycles. The van der Waals surface area contributed by atoms with Gasteiger partial charge in [-0.3, -0.25) is 4.98 Å². The molecule has 2 rings (SSSR count). The Kier molecular flexibility index (Phi) is 4.81. The first-order chi connectivity index (χ1) is 9.04. The number of rotatable bonds is 5. The summed E-state index contributed by atoms with van der Waals surface area (Å²) in [7, 11) is -3.24. The smallest absolute Gasteiger partial charge is 0.214 e. The van der Waals surface area contributed by atoms with Crippen molar-refractivity contribution in [3.05, 3.63) is 30.1 Å². The van der Waals surface area contributed by atoms with E-state index in [0.717, 1.165) is 12.1 Å². The molecular weight excluding hydrogens is 284 g/mol. The van der Waals surface area contributed by atoms with Crippen molar-refractivity contribution in [2.24, 2.45) is 5.92 Å². The van der Waals surface area contributed by atoms with E-state index in [1.54, 1.807) is 10.5 Å². The molecule has 0 amide bonds. The second-order valence-electron chi connectivity index (χ2n) is 4.99.